The van der Waals surface area contributed by atoms with E-state index in [0.717, 1.165) is 21.5 Å². The van der Waals surface area contributed by atoms with Gasteiger partial charge in [-0.25, -0.2) is 0 Å². The summed E-state index contributed by atoms with van der Waals surface area (Å²) in [5.41, 5.74) is 1.01. The molecule has 0 heterocycles. The van der Waals surface area contributed by atoms with Gasteiger partial charge in [-0.05, 0) is 30.7 Å². The topological polar surface area (TPSA) is 17.1 Å². The summed E-state index contributed by atoms with van der Waals surface area (Å²) in [5, 5.41) is 3.03. The van der Waals surface area contributed by atoms with Crippen molar-refractivity contribution in [2.24, 2.45) is 0 Å². The van der Waals surface area contributed by atoms with Gasteiger partial charge in [-0.1, -0.05) is 72.3 Å². The minimum absolute atomic E-state index is 0.613. The zero-order valence-electron chi connectivity index (χ0n) is 12.2. The molecule has 0 aromatic heterocycles. The molecule has 0 unspecified atom stereocenters. The number of benzene rings is 3. The van der Waals surface area contributed by atoms with Crippen LogP contribution >= 0.6 is 18.7 Å². The van der Waals surface area contributed by atoms with Crippen LogP contribution in [0.4, 0.5) is 0 Å². The van der Waals surface area contributed by atoms with Gasteiger partial charge in [0.1, 0.15) is 0 Å². The number of hydrogen-bond acceptors (Lipinski definition) is 1. The molecule has 0 atom stereocenters. The van der Waals surface area contributed by atoms with Gasteiger partial charge >= 0.3 is 0 Å². The zero-order chi connectivity index (χ0) is 15.6. The van der Waals surface area contributed by atoms with E-state index < -0.39 is 7.14 Å². The second-order valence-corrected chi connectivity index (χ2v) is 8.47. The third-order valence-electron chi connectivity index (χ3n) is 3.63. The Balaban J connectivity index is 2.31. The Morgan fingerprint density at radius 3 is 1.68 bits per heavy atom. The molecular weight excluding hydrogens is 311 g/mol. The molecule has 0 aliphatic carbocycles. The summed E-state index contributed by atoms with van der Waals surface area (Å²) in [4.78, 5) is 0. The van der Waals surface area contributed by atoms with Gasteiger partial charge in [-0.15, -0.1) is 0 Å². The first-order chi connectivity index (χ1) is 10.6. The summed E-state index contributed by atoms with van der Waals surface area (Å²) in [5.74, 6) is 0. The average molecular weight is 327 g/mol. The van der Waals surface area contributed by atoms with E-state index in [9.17, 15) is 4.57 Å². The maximum Gasteiger partial charge on any atom is 0.171 e. The summed E-state index contributed by atoms with van der Waals surface area (Å²) in [6.45, 7) is 1.97. The highest BCUT2D eigenvalue weighted by atomic mass is 35.5. The van der Waals surface area contributed by atoms with E-state index in [4.69, 9.17) is 11.6 Å². The van der Waals surface area contributed by atoms with Crippen molar-refractivity contribution >= 4 is 34.7 Å². The van der Waals surface area contributed by atoms with Gasteiger partial charge in [-0.2, -0.15) is 0 Å². The van der Waals surface area contributed by atoms with Crippen LogP contribution < -0.4 is 15.9 Å². The SMILES string of the molecule is Cc1cc(Cl)cc(P(=O)(c2ccccc2)c2ccccc2)c1. The first kappa shape index (κ1) is 15.1. The Kier molecular flexibility index (Phi) is 4.20. The highest BCUT2D eigenvalue weighted by Crippen LogP contribution is 2.42. The number of halogens is 1. The quantitative estimate of drug-likeness (QED) is 0.656. The Bertz CT molecular complexity index is 765. The van der Waals surface area contributed by atoms with Crippen molar-refractivity contribution in [3.05, 3.63) is 89.4 Å². The molecule has 0 saturated carbocycles. The molecule has 22 heavy (non-hydrogen) atoms. The second-order valence-electron chi connectivity index (χ2n) is 5.27. The van der Waals surface area contributed by atoms with Crippen molar-refractivity contribution in [3.8, 4) is 0 Å². The molecule has 0 fully saturated rings. The summed E-state index contributed by atoms with van der Waals surface area (Å²) < 4.78 is 14.1. The lowest BCUT2D eigenvalue weighted by atomic mass is 10.2. The third-order valence-corrected chi connectivity index (χ3v) is 6.88. The molecule has 3 aromatic carbocycles. The number of hydrogen-bond donors (Lipinski definition) is 0. The average Bonchev–Trinajstić information content (AvgIpc) is 2.55. The molecule has 0 spiro atoms. The Labute approximate surface area is 136 Å². The van der Waals surface area contributed by atoms with Gasteiger partial charge in [-0.3, -0.25) is 0 Å². The molecule has 0 aliphatic heterocycles. The number of aryl methyl sites for hydroxylation is 1. The minimum Gasteiger partial charge on any atom is -0.309 e. The Morgan fingerprint density at radius 1 is 0.727 bits per heavy atom. The van der Waals surface area contributed by atoms with Gasteiger partial charge in [0.15, 0.2) is 7.14 Å². The predicted molar refractivity (Wildman–Crippen MR) is 95.6 cm³/mol. The van der Waals surface area contributed by atoms with E-state index in [1.807, 2.05) is 85.8 Å². The van der Waals surface area contributed by atoms with Crippen LogP contribution in [0.2, 0.25) is 5.02 Å². The van der Waals surface area contributed by atoms with Crippen molar-refractivity contribution in [1.82, 2.24) is 0 Å². The monoisotopic (exact) mass is 326 g/mol. The fourth-order valence-corrected chi connectivity index (χ4v) is 5.77. The molecule has 0 saturated heterocycles. The van der Waals surface area contributed by atoms with Crippen molar-refractivity contribution in [3.63, 3.8) is 0 Å². The zero-order valence-corrected chi connectivity index (χ0v) is 13.9. The first-order valence-corrected chi connectivity index (χ1v) is 9.18. The van der Waals surface area contributed by atoms with Crippen LogP contribution in [0.25, 0.3) is 0 Å². The van der Waals surface area contributed by atoms with Crippen LogP contribution in [-0.2, 0) is 4.57 Å². The van der Waals surface area contributed by atoms with Crippen LogP contribution in [0.3, 0.4) is 0 Å². The minimum atomic E-state index is -2.91. The van der Waals surface area contributed by atoms with E-state index >= 15 is 0 Å². The maximum absolute atomic E-state index is 14.1. The molecule has 3 aromatic rings. The predicted octanol–water partition coefficient (Wildman–Crippen LogP) is 4.29. The first-order valence-electron chi connectivity index (χ1n) is 7.10. The van der Waals surface area contributed by atoms with Crippen molar-refractivity contribution in [2.75, 3.05) is 0 Å². The lowest BCUT2D eigenvalue weighted by Crippen LogP contribution is -2.25. The molecule has 0 radical (unpaired) electrons. The van der Waals surface area contributed by atoms with Crippen LogP contribution in [0, 0.1) is 6.92 Å². The molecule has 0 aliphatic rings. The molecule has 0 N–H and O–H groups in total. The molecule has 3 rings (SSSR count). The lowest BCUT2D eigenvalue weighted by molar-refractivity contribution is 0.592. The number of rotatable bonds is 3. The third kappa shape index (κ3) is 2.75. The normalized spacial score (nSPS) is 11.4. The molecule has 1 nitrogen and oxygen atoms in total. The van der Waals surface area contributed by atoms with Gasteiger partial charge in [0.05, 0.1) is 0 Å². The lowest BCUT2D eigenvalue weighted by Gasteiger charge is -2.20. The van der Waals surface area contributed by atoms with Gasteiger partial charge in [0.2, 0.25) is 0 Å². The van der Waals surface area contributed by atoms with Crippen LogP contribution in [0.15, 0.2) is 78.9 Å². The summed E-state index contributed by atoms with van der Waals surface area (Å²) in [6.07, 6.45) is 0. The Hall–Kier alpha value is -1.82. The summed E-state index contributed by atoms with van der Waals surface area (Å²) >= 11 is 6.21. The van der Waals surface area contributed by atoms with E-state index in [-0.39, 0.29) is 0 Å². The Morgan fingerprint density at radius 2 is 1.23 bits per heavy atom. The molecule has 0 amide bonds. The van der Waals surface area contributed by atoms with E-state index in [0.29, 0.717) is 5.02 Å². The highest BCUT2D eigenvalue weighted by molar-refractivity contribution is 7.85. The van der Waals surface area contributed by atoms with Crippen molar-refractivity contribution in [1.29, 1.82) is 0 Å². The van der Waals surface area contributed by atoms with Gasteiger partial charge in [0, 0.05) is 20.9 Å². The van der Waals surface area contributed by atoms with Gasteiger partial charge < -0.3 is 4.57 Å². The second kappa shape index (κ2) is 6.12. The molecular formula is C19H16ClOP. The van der Waals surface area contributed by atoms with Crippen LogP contribution in [0.5, 0.6) is 0 Å². The van der Waals surface area contributed by atoms with Crippen molar-refractivity contribution < 1.29 is 4.57 Å². The van der Waals surface area contributed by atoms with E-state index in [1.165, 1.54) is 0 Å². The molecule has 3 heteroatoms. The smallest absolute Gasteiger partial charge is 0.171 e. The fourth-order valence-electron chi connectivity index (χ4n) is 2.62. The molecule has 0 bridgehead atoms. The molecule has 110 valence electrons. The maximum atomic E-state index is 14.1. The summed E-state index contributed by atoms with van der Waals surface area (Å²) in [6, 6.07) is 24.9. The summed E-state index contributed by atoms with van der Waals surface area (Å²) in [7, 11) is -2.91. The van der Waals surface area contributed by atoms with Crippen molar-refractivity contribution in [2.45, 2.75) is 6.92 Å². The van der Waals surface area contributed by atoms with E-state index in [2.05, 4.69) is 0 Å². The fraction of sp³-hybridized carbons (Fsp3) is 0.0526. The van der Waals surface area contributed by atoms with E-state index in [1.54, 1.807) is 0 Å². The largest absolute Gasteiger partial charge is 0.309 e. The highest BCUT2D eigenvalue weighted by Gasteiger charge is 2.29. The van der Waals surface area contributed by atoms with Crippen LogP contribution in [0.1, 0.15) is 5.56 Å². The van der Waals surface area contributed by atoms with Gasteiger partial charge in [0.25, 0.3) is 0 Å². The standard InChI is InChI=1S/C19H16ClOP/c1-15-12-16(20)14-19(13-15)22(21,17-8-4-2-5-9-17)18-10-6-3-7-11-18/h2-14H,1H3. The van der Waals surface area contributed by atoms with Crippen LogP contribution in [-0.4, -0.2) is 0 Å².